The Morgan fingerprint density at radius 2 is 1.81 bits per heavy atom. The van der Waals surface area contributed by atoms with Crippen molar-refractivity contribution in [2.45, 2.75) is 11.8 Å². The Morgan fingerprint density at radius 1 is 1.19 bits per heavy atom. The topological polar surface area (TPSA) is 12.0 Å². The lowest BCUT2D eigenvalue weighted by molar-refractivity contribution is -0.140. The highest BCUT2D eigenvalue weighted by atomic mass is 19.4. The molecule has 0 amide bonds. The molecule has 0 aliphatic carbocycles. The van der Waals surface area contributed by atoms with Crippen LogP contribution in [0, 0.1) is 5.82 Å². The van der Waals surface area contributed by atoms with Crippen molar-refractivity contribution in [1.82, 2.24) is 5.32 Å². The number of rotatable bonds is 1. The van der Waals surface area contributed by atoms with Gasteiger partial charge in [-0.15, -0.1) is 0 Å². The fourth-order valence-electron chi connectivity index (χ4n) is 1.57. The van der Waals surface area contributed by atoms with Crippen molar-refractivity contribution in [1.29, 1.82) is 0 Å². The Hall–Kier alpha value is -1.17. The zero-order valence-corrected chi connectivity index (χ0v) is 8.04. The average Bonchev–Trinajstić information content (AvgIpc) is 2.13. The third-order valence-corrected chi connectivity index (χ3v) is 2.60. The van der Waals surface area contributed by atoms with E-state index in [-0.39, 0.29) is 18.7 Å². The highest BCUT2D eigenvalue weighted by Gasteiger charge is 2.41. The van der Waals surface area contributed by atoms with Crippen LogP contribution in [-0.2, 0) is 11.8 Å². The molecule has 88 valence electrons. The highest BCUT2D eigenvalue weighted by molar-refractivity contribution is 5.33. The van der Waals surface area contributed by atoms with Gasteiger partial charge in [-0.2, -0.15) is 13.2 Å². The van der Waals surface area contributed by atoms with Gasteiger partial charge < -0.3 is 5.32 Å². The number of hydrogen-bond donors (Lipinski definition) is 1. The predicted molar refractivity (Wildman–Crippen MR) is 47.1 cm³/mol. The second-order valence-corrected chi connectivity index (χ2v) is 3.76. The predicted octanol–water partition coefficient (Wildman–Crippen LogP) is 2.61. The first kappa shape index (κ1) is 11.3. The van der Waals surface area contributed by atoms with Crippen LogP contribution in [0.4, 0.5) is 22.0 Å². The smallest absolute Gasteiger partial charge is 0.310 e. The van der Waals surface area contributed by atoms with E-state index in [9.17, 15) is 22.0 Å². The second-order valence-electron chi connectivity index (χ2n) is 3.76. The molecule has 1 aliphatic heterocycles. The molecule has 1 heterocycles. The fourth-order valence-corrected chi connectivity index (χ4v) is 1.57. The molecule has 0 radical (unpaired) electrons. The van der Waals surface area contributed by atoms with Gasteiger partial charge in [-0.1, -0.05) is 6.07 Å². The zero-order valence-electron chi connectivity index (χ0n) is 8.04. The van der Waals surface area contributed by atoms with E-state index in [2.05, 4.69) is 5.32 Å². The lowest BCUT2D eigenvalue weighted by atomic mass is 9.89. The molecule has 1 fully saturated rings. The Balaban J connectivity index is 2.43. The number of benzene rings is 1. The van der Waals surface area contributed by atoms with Gasteiger partial charge in [0.05, 0.1) is 5.56 Å². The molecule has 0 atom stereocenters. The van der Waals surface area contributed by atoms with Crippen LogP contribution in [-0.4, -0.2) is 13.1 Å². The summed E-state index contributed by atoms with van der Waals surface area (Å²) in [6.07, 6.45) is -4.80. The van der Waals surface area contributed by atoms with E-state index in [4.69, 9.17) is 0 Å². The molecule has 16 heavy (non-hydrogen) atoms. The van der Waals surface area contributed by atoms with Crippen molar-refractivity contribution < 1.29 is 22.0 Å². The van der Waals surface area contributed by atoms with E-state index in [1.807, 2.05) is 0 Å². The summed E-state index contributed by atoms with van der Waals surface area (Å²) in [6.45, 7) is -0.0914. The van der Waals surface area contributed by atoms with Gasteiger partial charge in [0.15, 0.2) is 5.67 Å². The van der Waals surface area contributed by atoms with Crippen LogP contribution < -0.4 is 5.32 Å². The maximum absolute atomic E-state index is 13.8. The number of alkyl halides is 4. The van der Waals surface area contributed by atoms with E-state index in [1.165, 1.54) is 0 Å². The Bertz CT molecular complexity index is 408. The minimum atomic E-state index is -4.80. The van der Waals surface area contributed by atoms with Crippen LogP contribution in [0.2, 0.25) is 0 Å². The molecule has 0 bridgehead atoms. The molecule has 0 unspecified atom stereocenters. The molecule has 1 aliphatic rings. The normalized spacial score (nSPS) is 19.3. The van der Waals surface area contributed by atoms with Crippen molar-refractivity contribution in [2.24, 2.45) is 0 Å². The molecule has 1 nitrogen and oxygen atoms in total. The van der Waals surface area contributed by atoms with E-state index in [1.54, 1.807) is 0 Å². The van der Waals surface area contributed by atoms with E-state index in [0.29, 0.717) is 12.1 Å². The summed E-state index contributed by atoms with van der Waals surface area (Å²) < 4.78 is 63.8. The fraction of sp³-hybridized carbons (Fsp3) is 0.400. The molecule has 6 heteroatoms. The van der Waals surface area contributed by atoms with Crippen molar-refractivity contribution in [2.75, 3.05) is 13.1 Å². The summed E-state index contributed by atoms with van der Waals surface area (Å²) in [7, 11) is 0. The molecule has 0 aromatic heterocycles. The first-order valence-electron chi connectivity index (χ1n) is 4.60. The van der Waals surface area contributed by atoms with Gasteiger partial charge in [-0.3, -0.25) is 0 Å². The van der Waals surface area contributed by atoms with E-state index in [0.717, 1.165) is 6.07 Å². The molecule has 0 spiro atoms. The van der Waals surface area contributed by atoms with Crippen LogP contribution in [0.5, 0.6) is 0 Å². The summed E-state index contributed by atoms with van der Waals surface area (Å²) in [4.78, 5) is 0. The Kier molecular flexibility index (Phi) is 2.41. The monoisotopic (exact) mass is 237 g/mol. The molecule has 1 saturated heterocycles. The van der Waals surface area contributed by atoms with Crippen molar-refractivity contribution >= 4 is 0 Å². The molecular weight excluding hydrogens is 229 g/mol. The third-order valence-electron chi connectivity index (χ3n) is 2.60. The first-order chi connectivity index (χ1) is 7.33. The quantitative estimate of drug-likeness (QED) is 0.740. The van der Waals surface area contributed by atoms with Crippen molar-refractivity contribution in [3.05, 3.63) is 35.1 Å². The average molecular weight is 237 g/mol. The molecule has 1 aromatic rings. The highest BCUT2D eigenvalue weighted by Crippen LogP contribution is 2.36. The van der Waals surface area contributed by atoms with Crippen LogP contribution in [0.25, 0.3) is 0 Å². The summed E-state index contributed by atoms with van der Waals surface area (Å²) >= 11 is 0. The van der Waals surface area contributed by atoms with E-state index >= 15 is 0 Å². The van der Waals surface area contributed by atoms with Gasteiger partial charge in [0.25, 0.3) is 0 Å². The second kappa shape index (κ2) is 3.41. The van der Waals surface area contributed by atoms with Gasteiger partial charge in [0.1, 0.15) is 5.82 Å². The summed E-state index contributed by atoms with van der Waals surface area (Å²) in [5.41, 5.74) is -3.37. The van der Waals surface area contributed by atoms with Gasteiger partial charge >= 0.3 is 6.18 Å². The van der Waals surface area contributed by atoms with Crippen molar-refractivity contribution in [3.63, 3.8) is 0 Å². The summed E-state index contributed by atoms with van der Waals surface area (Å²) in [5.74, 6) is -1.38. The zero-order chi connectivity index (χ0) is 12.0. The van der Waals surface area contributed by atoms with Gasteiger partial charge in [0, 0.05) is 13.1 Å². The molecule has 2 rings (SSSR count). The third kappa shape index (κ3) is 1.77. The molecule has 1 N–H and O–H groups in total. The van der Waals surface area contributed by atoms with E-state index < -0.39 is 23.2 Å². The maximum Gasteiger partial charge on any atom is 0.419 e. The van der Waals surface area contributed by atoms with Gasteiger partial charge in [-0.05, 0) is 17.7 Å². The first-order valence-corrected chi connectivity index (χ1v) is 4.60. The van der Waals surface area contributed by atoms with Crippen LogP contribution in [0.3, 0.4) is 0 Å². The standard InChI is InChI=1S/C10H8F5N/c11-8-2-1-6(9(12)4-16-5-9)3-7(8)10(13,14)15/h1-3,16H,4-5H2. The molecule has 1 aromatic carbocycles. The molecular formula is C10H8F5N. The molecule has 0 saturated carbocycles. The Labute approximate surface area is 88.3 Å². The maximum atomic E-state index is 13.8. The summed E-state index contributed by atoms with van der Waals surface area (Å²) in [5, 5.41) is 2.62. The van der Waals surface area contributed by atoms with Crippen LogP contribution >= 0.6 is 0 Å². The SMILES string of the molecule is Fc1ccc(C2(F)CNC2)cc1C(F)(F)F. The lowest BCUT2D eigenvalue weighted by Crippen LogP contribution is -2.53. The Morgan fingerprint density at radius 3 is 2.25 bits per heavy atom. The number of nitrogens with one attached hydrogen (secondary N) is 1. The van der Waals surface area contributed by atoms with Gasteiger partial charge in [0.2, 0.25) is 0 Å². The largest absolute Gasteiger partial charge is 0.419 e. The van der Waals surface area contributed by atoms with Crippen LogP contribution in [0.1, 0.15) is 11.1 Å². The number of hydrogen-bond acceptors (Lipinski definition) is 1. The minimum absolute atomic E-state index is 0.0457. The van der Waals surface area contributed by atoms with Crippen LogP contribution in [0.15, 0.2) is 18.2 Å². The summed E-state index contributed by atoms with van der Waals surface area (Å²) in [6, 6.07) is 2.24. The van der Waals surface area contributed by atoms with Crippen molar-refractivity contribution in [3.8, 4) is 0 Å². The van der Waals surface area contributed by atoms with Gasteiger partial charge in [-0.25, -0.2) is 8.78 Å². The number of halogens is 5. The lowest BCUT2D eigenvalue weighted by Gasteiger charge is -2.35. The minimum Gasteiger partial charge on any atom is -0.310 e.